The number of hydrogen-bond acceptors (Lipinski definition) is 3. The van der Waals surface area contributed by atoms with E-state index in [1.807, 2.05) is 29.6 Å². The first kappa shape index (κ1) is 14.8. The van der Waals surface area contributed by atoms with Gasteiger partial charge in [0.15, 0.2) is 0 Å². The number of aromatic amines is 1. The van der Waals surface area contributed by atoms with Gasteiger partial charge in [0.25, 0.3) is 5.91 Å². The van der Waals surface area contributed by atoms with Crippen LogP contribution < -0.4 is 5.32 Å². The maximum Gasteiger partial charge on any atom is 0.269 e. The molecule has 0 radical (unpaired) electrons. The number of nitrogens with zero attached hydrogens (tertiary/aromatic N) is 1. The van der Waals surface area contributed by atoms with E-state index in [1.54, 1.807) is 23.5 Å². The third-order valence-electron chi connectivity index (χ3n) is 3.21. The minimum atomic E-state index is -0.164. The summed E-state index contributed by atoms with van der Waals surface area (Å²) >= 11 is 7.82. The van der Waals surface area contributed by atoms with Crippen molar-refractivity contribution in [2.75, 3.05) is 6.54 Å². The SMILES string of the molecule is O=C(NCCc1cccs1)c1cc(-c2ccccc2Cl)n[nH]1. The number of benzene rings is 1. The molecule has 0 atom stereocenters. The molecule has 22 heavy (non-hydrogen) atoms. The quantitative estimate of drug-likeness (QED) is 0.747. The zero-order valence-electron chi connectivity index (χ0n) is 11.7. The molecular weight excluding hydrogens is 318 g/mol. The second-order valence-corrected chi connectivity index (χ2v) is 6.17. The van der Waals surface area contributed by atoms with Gasteiger partial charge in [-0.25, -0.2) is 0 Å². The number of hydrogen-bond donors (Lipinski definition) is 2. The lowest BCUT2D eigenvalue weighted by molar-refractivity contribution is 0.0949. The Morgan fingerprint density at radius 2 is 2.14 bits per heavy atom. The van der Waals surface area contributed by atoms with E-state index in [-0.39, 0.29) is 5.91 Å². The molecule has 0 saturated carbocycles. The number of thiophene rings is 1. The molecule has 112 valence electrons. The van der Waals surface area contributed by atoms with Crippen molar-refractivity contribution in [3.63, 3.8) is 0 Å². The van der Waals surface area contributed by atoms with Gasteiger partial charge in [0, 0.05) is 17.0 Å². The van der Waals surface area contributed by atoms with Crippen molar-refractivity contribution in [3.8, 4) is 11.3 Å². The number of amides is 1. The van der Waals surface area contributed by atoms with Crippen LogP contribution in [0.4, 0.5) is 0 Å². The number of H-pyrrole nitrogens is 1. The number of halogens is 1. The Kier molecular flexibility index (Phi) is 4.56. The van der Waals surface area contributed by atoms with Crippen LogP contribution in [0.1, 0.15) is 15.4 Å². The van der Waals surface area contributed by atoms with Gasteiger partial charge in [-0.15, -0.1) is 11.3 Å². The number of nitrogens with one attached hydrogen (secondary N) is 2. The molecule has 3 aromatic rings. The fourth-order valence-corrected chi connectivity index (χ4v) is 3.04. The summed E-state index contributed by atoms with van der Waals surface area (Å²) in [6, 6.07) is 13.2. The standard InChI is InChI=1S/C16H14ClN3OS/c17-13-6-2-1-5-12(13)14-10-15(20-19-14)16(21)18-8-7-11-4-3-9-22-11/h1-6,9-10H,7-8H2,(H,18,21)(H,19,20). The maximum absolute atomic E-state index is 12.1. The highest BCUT2D eigenvalue weighted by Crippen LogP contribution is 2.26. The van der Waals surface area contributed by atoms with Crippen molar-refractivity contribution in [3.05, 3.63) is 63.4 Å². The first-order chi connectivity index (χ1) is 10.7. The van der Waals surface area contributed by atoms with Gasteiger partial charge in [-0.3, -0.25) is 9.89 Å². The summed E-state index contributed by atoms with van der Waals surface area (Å²) in [5.41, 5.74) is 1.90. The zero-order valence-corrected chi connectivity index (χ0v) is 13.2. The average molecular weight is 332 g/mol. The molecule has 2 aromatic heterocycles. The van der Waals surface area contributed by atoms with Crippen molar-refractivity contribution in [1.29, 1.82) is 0 Å². The van der Waals surface area contributed by atoms with Crippen LogP contribution in [-0.4, -0.2) is 22.6 Å². The largest absolute Gasteiger partial charge is 0.350 e. The lowest BCUT2D eigenvalue weighted by Gasteiger charge is -2.01. The third kappa shape index (κ3) is 3.37. The van der Waals surface area contributed by atoms with Gasteiger partial charge < -0.3 is 5.32 Å². The molecule has 2 N–H and O–H groups in total. The van der Waals surface area contributed by atoms with Gasteiger partial charge >= 0.3 is 0 Å². The second kappa shape index (κ2) is 6.77. The van der Waals surface area contributed by atoms with E-state index in [4.69, 9.17) is 11.6 Å². The number of carbonyl (C=O) groups is 1. The summed E-state index contributed by atoms with van der Waals surface area (Å²) in [5, 5.41) is 12.4. The molecule has 0 spiro atoms. The van der Waals surface area contributed by atoms with Crippen molar-refractivity contribution >= 4 is 28.8 Å². The Hall–Kier alpha value is -2.11. The van der Waals surface area contributed by atoms with E-state index in [0.717, 1.165) is 12.0 Å². The topological polar surface area (TPSA) is 57.8 Å². The summed E-state index contributed by atoms with van der Waals surface area (Å²) in [4.78, 5) is 13.3. The van der Waals surface area contributed by atoms with Crippen LogP contribution in [0.5, 0.6) is 0 Å². The lowest BCUT2D eigenvalue weighted by atomic mass is 10.1. The predicted molar refractivity (Wildman–Crippen MR) is 89.4 cm³/mol. The van der Waals surface area contributed by atoms with Crippen molar-refractivity contribution in [2.24, 2.45) is 0 Å². The van der Waals surface area contributed by atoms with Crippen LogP contribution in [0.15, 0.2) is 47.8 Å². The highest BCUT2D eigenvalue weighted by atomic mass is 35.5. The molecular formula is C16H14ClN3OS. The average Bonchev–Trinajstić information content (AvgIpc) is 3.19. The molecule has 0 aliphatic heterocycles. The molecule has 0 bridgehead atoms. The van der Waals surface area contributed by atoms with Gasteiger partial charge in [-0.1, -0.05) is 35.9 Å². The molecule has 4 nitrogen and oxygen atoms in total. The predicted octanol–water partition coefficient (Wildman–Crippen LogP) is 3.76. The lowest BCUT2D eigenvalue weighted by Crippen LogP contribution is -2.25. The van der Waals surface area contributed by atoms with Crippen molar-refractivity contribution < 1.29 is 4.79 Å². The fraction of sp³-hybridized carbons (Fsp3) is 0.125. The van der Waals surface area contributed by atoms with Gasteiger partial charge in [0.2, 0.25) is 0 Å². The summed E-state index contributed by atoms with van der Waals surface area (Å²) in [6.07, 6.45) is 0.828. The number of rotatable bonds is 5. The van der Waals surface area contributed by atoms with E-state index in [0.29, 0.717) is 23.0 Å². The minimum Gasteiger partial charge on any atom is -0.350 e. The molecule has 0 fully saturated rings. The highest BCUT2D eigenvalue weighted by molar-refractivity contribution is 7.09. The normalized spacial score (nSPS) is 10.6. The van der Waals surface area contributed by atoms with E-state index >= 15 is 0 Å². The zero-order chi connectivity index (χ0) is 15.4. The minimum absolute atomic E-state index is 0.164. The molecule has 3 rings (SSSR count). The smallest absolute Gasteiger partial charge is 0.269 e. The van der Waals surface area contributed by atoms with Gasteiger partial charge in [-0.2, -0.15) is 5.10 Å². The van der Waals surface area contributed by atoms with Crippen LogP contribution in [-0.2, 0) is 6.42 Å². The summed E-state index contributed by atoms with van der Waals surface area (Å²) < 4.78 is 0. The molecule has 0 saturated heterocycles. The van der Waals surface area contributed by atoms with E-state index in [1.165, 1.54) is 4.88 Å². The second-order valence-electron chi connectivity index (χ2n) is 4.73. The Morgan fingerprint density at radius 1 is 1.27 bits per heavy atom. The monoisotopic (exact) mass is 331 g/mol. The molecule has 1 amide bonds. The molecule has 0 unspecified atom stereocenters. The summed E-state index contributed by atoms with van der Waals surface area (Å²) in [5.74, 6) is -0.164. The van der Waals surface area contributed by atoms with Crippen LogP contribution in [0.25, 0.3) is 11.3 Å². The van der Waals surface area contributed by atoms with Crippen molar-refractivity contribution in [2.45, 2.75) is 6.42 Å². The number of carbonyl (C=O) groups excluding carboxylic acids is 1. The van der Waals surface area contributed by atoms with Gasteiger partial charge in [0.05, 0.1) is 10.7 Å². The molecule has 1 aromatic carbocycles. The van der Waals surface area contributed by atoms with Gasteiger partial charge in [0.1, 0.15) is 5.69 Å². The van der Waals surface area contributed by atoms with Crippen LogP contribution in [0.2, 0.25) is 5.02 Å². The molecule has 6 heteroatoms. The molecule has 2 heterocycles. The summed E-state index contributed by atoms with van der Waals surface area (Å²) in [6.45, 7) is 0.597. The number of aromatic nitrogens is 2. The van der Waals surface area contributed by atoms with Crippen LogP contribution in [0, 0.1) is 0 Å². The Balaban J connectivity index is 1.63. The van der Waals surface area contributed by atoms with E-state index in [2.05, 4.69) is 21.6 Å². The Morgan fingerprint density at radius 3 is 2.91 bits per heavy atom. The molecule has 0 aliphatic rings. The first-order valence-electron chi connectivity index (χ1n) is 6.85. The van der Waals surface area contributed by atoms with Crippen molar-refractivity contribution in [1.82, 2.24) is 15.5 Å². The third-order valence-corrected chi connectivity index (χ3v) is 4.48. The van der Waals surface area contributed by atoms with E-state index in [9.17, 15) is 4.79 Å². The Bertz CT molecular complexity index is 767. The van der Waals surface area contributed by atoms with Crippen LogP contribution in [0.3, 0.4) is 0 Å². The van der Waals surface area contributed by atoms with Crippen LogP contribution >= 0.6 is 22.9 Å². The summed E-state index contributed by atoms with van der Waals surface area (Å²) in [7, 11) is 0. The maximum atomic E-state index is 12.1. The Labute approximate surface area is 137 Å². The van der Waals surface area contributed by atoms with E-state index < -0.39 is 0 Å². The fourth-order valence-electron chi connectivity index (χ4n) is 2.09. The first-order valence-corrected chi connectivity index (χ1v) is 8.10. The highest BCUT2D eigenvalue weighted by Gasteiger charge is 2.12. The van der Waals surface area contributed by atoms with Gasteiger partial charge in [-0.05, 0) is 30.0 Å². The molecule has 0 aliphatic carbocycles.